The van der Waals surface area contributed by atoms with Gasteiger partial charge in [0, 0.05) is 7.05 Å². The molecule has 0 saturated heterocycles. The predicted molar refractivity (Wildman–Crippen MR) is 43.3 cm³/mol. The van der Waals surface area contributed by atoms with Crippen molar-refractivity contribution in [2.45, 2.75) is 6.04 Å². The van der Waals surface area contributed by atoms with Crippen molar-refractivity contribution in [3.05, 3.63) is 0 Å². The number of aliphatic hydroxyl groups is 1. The monoisotopic (exact) mass is 178 g/mol. The van der Waals surface area contributed by atoms with Crippen LogP contribution in [0.5, 0.6) is 0 Å². The van der Waals surface area contributed by atoms with E-state index in [0.29, 0.717) is 0 Å². The molecule has 4 N–H and O–H groups in total. The number of aliphatic carboxylic acids is 1. The molecule has 0 radical (unpaired) electrons. The summed E-state index contributed by atoms with van der Waals surface area (Å²) in [4.78, 5) is 10.3. The lowest BCUT2D eigenvalue weighted by atomic mass is 10.3. The van der Waals surface area contributed by atoms with E-state index in [0.717, 1.165) is 0 Å². The summed E-state index contributed by atoms with van der Waals surface area (Å²) in [5, 5.41) is 22.0. The molecule has 0 bridgehead atoms. The van der Waals surface area contributed by atoms with Crippen LogP contribution in [-0.2, 0) is 4.79 Å². The minimum atomic E-state index is -1.13. The first-order valence-corrected chi connectivity index (χ1v) is 3.34. The number of nitrogens with one attached hydrogen (secondary N) is 2. The molecule has 0 heterocycles. The normalized spacial score (nSPS) is 11.8. The van der Waals surface area contributed by atoms with Gasteiger partial charge in [0.25, 0.3) is 0 Å². The molecule has 0 saturated carbocycles. The highest BCUT2D eigenvalue weighted by atomic mass is 32.1. The van der Waals surface area contributed by atoms with Crippen LogP contribution in [0.3, 0.4) is 0 Å². The van der Waals surface area contributed by atoms with Gasteiger partial charge in [-0.25, -0.2) is 4.79 Å². The Hall–Kier alpha value is -0.880. The van der Waals surface area contributed by atoms with Crippen LogP contribution in [-0.4, -0.2) is 41.0 Å². The molecule has 0 aliphatic rings. The van der Waals surface area contributed by atoms with Crippen molar-refractivity contribution in [3.63, 3.8) is 0 Å². The summed E-state index contributed by atoms with van der Waals surface area (Å²) in [5.41, 5.74) is 0. The highest BCUT2D eigenvalue weighted by Gasteiger charge is 2.15. The smallest absolute Gasteiger partial charge is 0.328 e. The van der Waals surface area contributed by atoms with Gasteiger partial charge in [0.15, 0.2) is 5.11 Å². The van der Waals surface area contributed by atoms with Gasteiger partial charge in [0.05, 0.1) is 6.61 Å². The first kappa shape index (κ1) is 10.1. The Balaban J connectivity index is 3.88. The summed E-state index contributed by atoms with van der Waals surface area (Å²) in [7, 11) is 1.56. The maximum Gasteiger partial charge on any atom is 0.328 e. The SMILES string of the molecule is CNC(=S)NC(CO)C(=O)O. The van der Waals surface area contributed by atoms with Gasteiger partial charge in [0.2, 0.25) is 0 Å². The van der Waals surface area contributed by atoms with Crippen LogP contribution >= 0.6 is 12.2 Å². The zero-order valence-corrected chi connectivity index (χ0v) is 6.81. The number of thiocarbonyl (C=S) groups is 1. The molecule has 1 unspecified atom stereocenters. The summed E-state index contributed by atoms with van der Waals surface area (Å²) < 4.78 is 0. The lowest BCUT2D eigenvalue weighted by Crippen LogP contribution is -2.46. The molecule has 1 atom stereocenters. The molecule has 0 amide bonds. The van der Waals surface area contributed by atoms with Crippen LogP contribution in [0, 0.1) is 0 Å². The number of carboxylic acid groups (broad SMARTS) is 1. The summed E-state index contributed by atoms with van der Waals surface area (Å²) in [6.45, 7) is -0.489. The number of carboxylic acids is 1. The van der Waals surface area contributed by atoms with Gasteiger partial charge in [-0.15, -0.1) is 0 Å². The first-order valence-electron chi connectivity index (χ1n) is 2.93. The Morgan fingerprint density at radius 1 is 1.73 bits per heavy atom. The number of carbonyl (C=O) groups is 1. The summed E-state index contributed by atoms with van der Waals surface area (Å²) >= 11 is 4.62. The van der Waals surface area contributed by atoms with Gasteiger partial charge >= 0.3 is 5.97 Å². The molecule has 0 rings (SSSR count). The van der Waals surface area contributed by atoms with Crippen LogP contribution < -0.4 is 10.6 Å². The molecule has 0 aliphatic heterocycles. The zero-order chi connectivity index (χ0) is 8.85. The van der Waals surface area contributed by atoms with Crippen LogP contribution in [0.4, 0.5) is 0 Å². The van der Waals surface area contributed by atoms with E-state index in [-0.39, 0.29) is 5.11 Å². The summed E-state index contributed by atoms with van der Waals surface area (Å²) in [6.07, 6.45) is 0. The second-order valence-electron chi connectivity index (χ2n) is 1.80. The largest absolute Gasteiger partial charge is 0.480 e. The van der Waals surface area contributed by atoms with Crippen molar-refractivity contribution in [1.29, 1.82) is 0 Å². The van der Waals surface area contributed by atoms with Gasteiger partial charge in [-0.05, 0) is 12.2 Å². The highest BCUT2D eigenvalue weighted by Crippen LogP contribution is 1.81. The summed E-state index contributed by atoms with van der Waals surface area (Å²) in [6, 6.07) is -1.03. The number of rotatable bonds is 3. The Labute approximate surface area is 69.4 Å². The van der Waals surface area contributed by atoms with E-state index in [1.807, 2.05) is 0 Å². The van der Waals surface area contributed by atoms with E-state index in [4.69, 9.17) is 10.2 Å². The van der Waals surface area contributed by atoms with Crippen LogP contribution in [0.1, 0.15) is 0 Å². The fourth-order valence-corrected chi connectivity index (χ4v) is 0.558. The Morgan fingerprint density at radius 3 is 2.55 bits per heavy atom. The third kappa shape index (κ3) is 3.74. The minimum Gasteiger partial charge on any atom is -0.480 e. The Morgan fingerprint density at radius 2 is 2.27 bits per heavy atom. The molecular weight excluding hydrogens is 168 g/mol. The van der Waals surface area contributed by atoms with Crippen molar-refractivity contribution in [1.82, 2.24) is 10.6 Å². The third-order valence-electron chi connectivity index (χ3n) is 1.01. The quantitative estimate of drug-likeness (QED) is 0.395. The standard InChI is InChI=1S/C5H10N2O3S/c1-6-5(11)7-3(2-8)4(9)10/h3,8H,2H2,1H3,(H,9,10)(H2,6,7,11). The Bertz CT molecular complexity index is 162. The average Bonchev–Trinajstić information content (AvgIpc) is 1.99. The van der Waals surface area contributed by atoms with Gasteiger partial charge in [-0.1, -0.05) is 0 Å². The molecule has 0 aliphatic carbocycles. The van der Waals surface area contributed by atoms with E-state index in [9.17, 15) is 4.79 Å². The van der Waals surface area contributed by atoms with E-state index >= 15 is 0 Å². The van der Waals surface area contributed by atoms with Crippen LogP contribution in [0.25, 0.3) is 0 Å². The fraction of sp³-hybridized carbons (Fsp3) is 0.600. The van der Waals surface area contributed by atoms with Crippen molar-refractivity contribution < 1.29 is 15.0 Å². The minimum absolute atomic E-state index is 0.200. The fourth-order valence-electron chi connectivity index (χ4n) is 0.416. The average molecular weight is 178 g/mol. The maximum atomic E-state index is 10.3. The molecule has 0 aromatic carbocycles. The van der Waals surface area contributed by atoms with E-state index in [2.05, 4.69) is 22.9 Å². The van der Waals surface area contributed by atoms with Gasteiger partial charge < -0.3 is 20.8 Å². The molecular formula is C5H10N2O3S. The lowest BCUT2D eigenvalue weighted by Gasteiger charge is -2.12. The highest BCUT2D eigenvalue weighted by molar-refractivity contribution is 7.80. The second-order valence-corrected chi connectivity index (χ2v) is 2.21. The molecule has 0 aromatic heterocycles. The number of hydrogen-bond acceptors (Lipinski definition) is 3. The lowest BCUT2D eigenvalue weighted by molar-refractivity contribution is -0.140. The number of aliphatic hydroxyl groups excluding tert-OH is 1. The van der Waals surface area contributed by atoms with E-state index < -0.39 is 18.6 Å². The van der Waals surface area contributed by atoms with E-state index in [1.54, 1.807) is 7.05 Å². The zero-order valence-electron chi connectivity index (χ0n) is 6.00. The Kier molecular flexibility index (Phi) is 4.47. The van der Waals surface area contributed by atoms with Gasteiger partial charge in [-0.2, -0.15) is 0 Å². The van der Waals surface area contributed by atoms with Crippen molar-refractivity contribution in [2.75, 3.05) is 13.7 Å². The van der Waals surface area contributed by atoms with Gasteiger partial charge in [0.1, 0.15) is 6.04 Å². The molecule has 11 heavy (non-hydrogen) atoms. The van der Waals surface area contributed by atoms with Crippen molar-refractivity contribution in [2.24, 2.45) is 0 Å². The van der Waals surface area contributed by atoms with Crippen LogP contribution in [0.15, 0.2) is 0 Å². The first-order chi connectivity index (χ1) is 5.11. The predicted octanol–water partition coefficient (Wildman–Crippen LogP) is -1.47. The molecule has 6 heteroatoms. The maximum absolute atomic E-state index is 10.3. The molecule has 0 aromatic rings. The molecule has 64 valence electrons. The second kappa shape index (κ2) is 4.86. The topological polar surface area (TPSA) is 81.6 Å². The molecule has 0 fully saturated rings. The van der Waals surface area contributed by atoms with Gasteiger partial charge in [-0.3, -0.25) is 0 Å². The molecule has 0 spiro atoms. The van der Waals surface area contributed by atoms with Crippen molar-refractivity contribution in [3.8, 4) is 0 Å². The number of hydrogen-bond donors (Lipinski definition) is 4. The van der Waals surface area contributed by atoms with E-state index in [1.165, 1.54) is 0 Å². The summed E-state index contributed by atoms with van der Waals surface area (Å²) in [5.74, 6) is -1.13. The van der Waals surface area contributed by atoms with Crippen molar-refractivity contribution >= 4 is 23.3 Å². The van der Waals surface area contributed by atoms with Crippen LogP contribution in [0.2, 0.25) is 0 Å². The molecule has 5 nitrogen and oxygen atoms in total. The third-order valence-corrected chi connectivity index (χ3v) is 1.34.